The molecule has 1 heterocycles. The van der Waals surface area contributed by atoms with Gasteiger partial charge >= 0.3 is 0 Å². The Morgan fingerprint density at radius 1 is 0.957 bits per heavy atom. The van der Waals surface area contributed by atoms with Crippen LogP contribution in [0.3, 0.4) is 0 Å². The van der Waals surface area contributed by atoms with Crippen LogP contribution < -0.4 is 4.74 Å². The first-order valence-corrected chi connectivity index (χ1v) is 8.31. The number of rotatable bonds is 8. The molecule has 1 saturated heterocycles. The Morgan fingerprint density at radius 3 is 2.48 bits per heavy atom. The average Bonchev–Trinajstić information content (AvgIpc) is 3.32. The van der Waals surface area contributed by atoms with Crippen molar-refractivity contribution >= 4 is 0 Å². The third-order valence-electron chi connectivity index (χ3n) is 4.43. The minimum atomic E-state index is 0.343. The molecule has 0 aromatic heterocycles. The van der Waals surface area contributed by atoms with Crippen LogP contribution in [-0.4, -0.2) is 24.4 Å². The van der Waals surface area contributed by atoms with Crippen molar-refractivity contribution in [2.24, 2.45) is 0 Å². The molecule has 2 unspecified atom stereocenters. The van der Waals surface area contributed by atoms with E-state index in [1.54, 1.807) is 13.2 Å². The van der Waals surface area contributed by atoms with Gasteiger partial charge in [-0.3, -0.25) is 0 Å². The van der Waals surface area contributed by atoms with Gasteiger partial charge in [-0.25, -0.2) is 0 Å². The van der Waals surface area contributed by atoms with Crippen LogP contribution in [0, 0.1) is 0 Å². The fraction of sp³-hybridized carbons (Fsp3) is 0.400. The van der Waals surface area contributed by atoms with Gasteiger partial charge < -0.3 is 14.6 Å². The van der Waals surface area contributed by atoms with E-state index in [1.165, 1.54) is 11.1 Å². The Labute approximate surface area is 137 Å². The largest absolute Gasteiger partial charge is 0.508 e. The van der Waals surface area contributed by atoms with Crippen molar-refractivity contribution in [2.75, 3.05) is 7.11 Å². The highest BCUT2D eigenvalue weighted by Gasteiger charge is 2.37. The van der Waals surface area contributed by atoms with E-state index in [0.717, 1.165) is 37.9 Å². The number of phenols is 1. The third-order valence-corrected chi connectivity index (χ3v) is 4.43. The number of aryl methyl sites for hydroxylation is 2. The molecular formula is C20H24O3. The number of phenolic OH excluding ortho intramolecular Hbond substituents is 1. The van der Waals surface area contributed by atoms with E-state index in [4.69, 9.17) is 9.47 Å². The van der Waals surface area contributed by atoms with Crippen LogP contribution in [0.1, 0.15) is 30.4 Å². The lowest BCUT2D eigenvalue weighted by Crippen LogP contribution is -1.98. The zero-order valence-corrected chi connectivity index (χ0v) is 13.6. The van der Waals surface area contributed by atoms with Crippen molar-refractivity contribution in [2.45, 2.75) is 44.3 Å². The third kappa shape index (κ3) is 4.73. The van der Waals surface area contributed by atoms with Crippen LogP contribution in [0.5, 0.6) is 11.5 Å². The van der Waals surface area contributed by atoms with E-state index in [2.05, 4.69) is 18.2 Å². The van der Waals surface area contributed by atoms with Gasteiger partial charge in [0.25, 0.3) is 0 Å². The van der Waals surface area contributed by atoms with Crippen LogP contribution in [0.15, 0.2) is 48.5 Å². The number of benzene rings is 2. The predicted molar refractivity (Wildman–Crippen MR) is 91.0 cm³/mol. The van der Waals surface area contributed by atoms with Crippen LogP contribution in [0.4, 0.5) is 0 Å². The molecule has 2 aromatic rings. The van der Waals surface area contributed by atoms with Gasteiger partial charge in [-0.15, -0.1) is 0 Å². The molecule has 2 aromatic carbocycles. The molecule has 1 aliphatic heterocycles. The van der Waals surface area contributed by atoms with Gasteiger partial charge in [-0.1, -0.05) is 24.3 Å². The number of epoxide rings is 1. The topological polar surface area (TPSA) is 42.0 Å². The average molecular weight is 312 g/mol. The van der Waals surface area contributed by atoms with Crippen LogP contribution >= 0.6 is 0 Å². The van der Waals surface area contributed by atoms with Crippen LogP contribution in [0.2, 0.25) is 0 Å². The Kier molecular flexibility index (Phi) is 5.19. The molecule has 0 radical (unpaired) electrons. The molecule has 2 atom stereocenters. The van der Waals surface area contributed by atoms with E-state index >= 15 is 0 Å². The second-order valence-corrected chi connectivity index (χ2v) is 6.16. The lowest BCUT2D eigenvalue weighted by molar-refractivity contribution is 0.353. The molecule has 0 spiro atoms. The van der Waals surface area contributed by atoms with Crippen molar-refractivity contribution < 1.29 is 14.6 Å². The maximum atomic E-state index is 9.46. The van der Waals surface area contributed by atoms with Crippen molar-refractivity contribution in [3.8, 4) is 11.5 Å². The van der Waals surface area contributed by atoms with Crippen molar-refractivity contribution in [1.82, 2.24) is 0 Å². The molecule has 0 aliphatic carbocycles. The summed E-state index contributed by atoms with van der Waals surface area (Å²) in [5.41, 5.74) is 2.53. The van der Waals surface area contributed by atoms with Crippen molar-refractivity contribution in [3.05, 3.63) is 59.7 Å². The summed E-state index contributed by atoms with van der Waals surface area (Å²) in [6, 6.07) is 15.8. The van der Waals surface area contributed by atoms with Gasteiger partial charge in [0.2, 0.25) is 0 Å². The summed E-state index contributed by atoms with van der Waals surface area (Å²) in [4.78, 5) is 0. The molecule has 3 rings (SSSR count). The van der Waals surface area contributed by atoms with Crippen molar-refractivity contribution in [3.63, 3.8) is 0 Å². The highest BCUT2D eigenvalue weighted by atomic mass is 16.6. The summed E-state index contributed by atoms with van der Waals surface area (Å²) in [6.07, 6.45) is 6.18. The molecule has 1 fully saturated rings. The summed E-state index contributed by atoms with van der Waals surface area (Å²) in [5.74, 6) is 1.25. The van der Waals surface area contributed by atoms with Gasteiger partial charge in [0.1, 0.15) is 11.5 Å². The van der Waals surface area contributed by atoms with Gasteiger partial charge in [0.05, 0.1) is 19.3 Å². The second-order valence-electron chi connectivity index (χ2n) is 6.16. The Balaban J connectivity index is 1.33. The zero-order chi connectivity index (χ0) is 16.1. The molecule has 1 N–H and O–H groups in total. The van der Waals surface area contributed by atoms with Gasteiger partial charge in [0, 0.05) is 0 Å². The van der Waals surface area contributed by atoms with Crippen LogP contribution in [0.25, 0.3) is 0 Å². The maximum Gasteiger partial charge on any atom is 0.118 e. The first-order chi connectivity index (χ1) is 11.2. The first-order valence-electron chi connectivity index (χ1n) is 8.31. The number of aromatic hydroxyl groups is 1. The molecule has 122 valence electrons. The molecule has 0 amide bonds. The molecule has 3 heteroatoms. The lowest BCUT2D eigenvalue weighted by atomic mass is 10.0. The van der Waals surface area contributed by atoms with Crippen molar-refractivity contribution in [1.29, 1.82) is 0 Å². The molecular weight excluding hydrogens is 288 g/mol. The summed E-state index contributed by atoms with van der Waals surface area (Å²) in [6.45, 7) is 0. The lowest BCUT2D eigenvalue weighted by Gasteiger charge is -2.03. The van der Waals surface area contributed by atoms with Gasteiger partial charge in [0.15, 0.2) is 0 Å². The smallest absolute Gasteiger partial charge is 0.118 e. The zero-order valence-electron chi connectivity index (χ0n) is 13.6. The Hall–Kier alpha value is -2.00. The normalized spacial score (nSPS) is 19.5. The number of hydrogen-bond donors (Lipinski definition) is 1. The van der Waals surface area contributed by atoms with E-state index < -0.39 is 0 Å². The van der Waals surface area contributed by atoms with Crippen LogP contribution in [-0.2, 0) is 17.6 Å². The standard InChI is InChI=1S/C20H24O3/c1-22-18-11-8-15(9-12-18)4-3-7-19-20(23-19)13-10-16-5-2-6-17(21)14-16/h2,5-6,8-9,11-12,14,19-21H,3-4,7,10,13H2,1H3. The van der Waals surface area contributed by atoms with E-state index in [-0.39, 0.29) is 0 Å². The Morgan fingerprint density at radius 2 is 1.74 bits per heavy atom. The number of methoxy groups -OCH3 is 1. The summed E-state index contributed by atoms with van der Waals surface area (Å²) >= 11 is 0. The SMILES string of the molecule is COc1ccc(CCCC2OC2CCc2cccc(O)c2)cc1. The fourth-order valence-electron chi connectivity index (χ4n) is 3.01. The first kappa shape index (κ1) is 15.9. The minimum absolute atomic E-state index is 0.343. The van der Waals surface area contributed by atoms with E-state index in [1.807, 2.05) is 24.3 Å². The van der Waals surface area contributed by atoms with E-state index in [0.29, 0.717) is 18.0 Å². The Bertz CT molecular complexity index is 621. The minimum Gasteiger partial charge on any atom is -0.508 e. The highest BCUT2D eigenvalue weighted by molar-refractivity contribution is 5.28. The molecule has 1 aliphatic rings. The summed E-state index contributed by atoms with van der Waals surface area (Å²) < 4.78 is 10.9. The summed E-state index contributed by atoms with van der Waals surface area (Å²) in [5, 5.41) is 9.46. The fourth-order valence-corrected chi connectivity index (χ4v) is 3.01. The van der Waals surface area contributed by atoms with Gasteiger partial charge in [-0.05, 0) is 67.5 Å². The summed E-state index contributed by atoms with van der Waals surface area (Å²) in [7, 11) is 1.69. The quantitative estimate of drug-likeness (QED) is 0.745. The molecule has 23 heavy (non-hydrogen) atoms. The molecule has 0 saturated carbocycles. The molecule has 3 nitrogen and oxygen atoms in total. The van der Waals surface area contributed by atoms with Gasteiger partial charge in [-0.2, -0.15) is 0 Å². The maximum absolute atomic E-state index is 9.46. The number of hydrogen-bond acceptors (Lipinski definition) is 3. The van der Waals surface area contributed by atoms with E-state index in [9.17, 15) is 5.11 Å². The predicted octanol–water partition coefficient (Wildman–Crippen LogP) is 4.12. The highest BCUT2D eigenvalue weighted by Crippen LogP contribution is 2.31. The molecule has 0 bridgehead atoms. The number of ether oxygens (including phenoxy) is 2. The second kappa shape index (κ2) is 7.51. The monoisotopic (exact) mass is 312 g/mol.